The van der Waals surface area contributed by atoms with Crippen LogP contribution < -0.4 is 0 Å². The average Bonchev–Trinajstić information content (AvgIpc) is 2.67. The molecule has 0 unspecified atom stereocenters. The lowest BCUT2D eigenvalue weighted by molar-refractivity contribution is 0.0502. The van der Waals surface area contributed by atoms with Crippen molar-refractivity contribution in [2.75, 3.05) is 19.8 Å². The maximum atomic E-state index is 12.2. The molecule has 0 N–H and O–H groups in total. The number of carbonyl (C=O) groups is 2. The van der Waals surface area contributed by atoms with Crippen molar-refractivity contribution in [3.63, 3.8) is 0 Å². The van der Waals surface area contributed by atoms with Crippen molar-refractivity contribution in [3.05, 3.63) is 35.4 Å². The highest BCUT2D eigenvalue weighted by Gasteiger charge is 2.35. The van der Waals surface area contributed by atoms with E-state index in [4.69, 9.17) is 4.74 Å². The highest BCUT2D eigenvalue weighted by Crippen LogP contribution is 2.26. The lowest BCUT2D eigenvalue weighted by Gasteiger charge is -2.26. The Bertz CT molecular complexity index is 487. The Kier molecular flexibility index (Phi) is 4.23. The lowest BCUT2D eigenvalue weighted by atomic mass is 9.90. The number of nitrogens with zero attached hydrogens (tertiary/aromatic N) is 1. The third kappa shape index (κ3) is 2.90. The van der Waals surface area contributed by atoms with Gasteiger partial charge in [-0.2, -0.15) is 0 Å². The summed E-state index contributed by atoms with van der Waals surface area (Å²) in [6, 6.07) is 6.99. The number of rotatable bonds is 6. The van der Waals surface area contributed by atoms with Gasteiger partial charge in [0, 0.05) is 13.2 Å². The van der Waals surface area contributed by atoms with E-state index < -0.39 is 0 Å². The second-order valence-electron chi connectivity index (χ2n) is 5.86. The van der Waals surface area contributed by atoms with Crippen molar-refractivity contribution in [2.24, 2.45) is 5.41 Å². The van der Waals surface area contributed by atoms with Crippen molar-refractivity contribution in [1.82, 2.24) is 4.90 Å². The third-order valence-electron chi connectivity index (χ3n) is 3.59. The van der Waals surface area contributed by atoms with Crippen LogP contribution >= 0.6 is 0 Å². The SMILES string of the molecule is CCOCC(C)(C)CCN1C(=O)c2ccccc2C1=O. The molecular formula is C16H21NO3. The largest absolute Gasteiger partial charge is 0.381 e. The molecule has 0 fully saturated rings. The number of fused-ring (bicyclic) bond motifs is 1. The fraction of sp³-hybridized carbons (Fsp3) is 0.500. The molecule has 2 rings (SSSR count). The molecule has 0 aromatic heterocycles. The molecule has 4 heteroatoms. The molecule has 1 aromatic rings. The molecule has 0 spiro atoms. The van der Waals surface area contributed by atoms with E-state index >= 15 is 0 Å². The molecule has 20 heavy (non-hydrogen) atoms. The monoisotopic (exact) mass is 275 g/mol. The first kappa shape index (κ1) is 14.7. The van der Waals surface area contributed by atoms with Gasteiger partial charge in [-0.25, -0.2) is 0 Å². The number of hydrogen-bond donors (Lipinski definition) is 0. The molecule has 1 aliphatic heterocycles. The zero-order chi connectivity index (χ0) is 14.8. The Labute approximate surface area is 119 Å². The number of hydrogen-bond acceptors (Lipinski definition) is 3. The molecule has 0 bridgehead atoms. The Balaban J connectivity index is 2.02. The van der Waals surface area contributed by atoms with Crippen LogP contribution in [0.4, 0.5) is 0 Å². The predicted molar refractivity (Wildman–Crippen MR) is 76.7 cm³/mol. The van der Waals surface area contributed by atoms with Crippen LogP contribution in [0.2, 0.25) is 0 Å². The van der Waals surface area contributed by atoms with Crippen LogP contribution in [-0.2, 0) is 4.74 Å². The Morgan fingerprint density at radius 3 is 2.15 bits per heavy atom. The van der Waals surface area contributed by atoms with Crippen LogP contribution in [0, 0.1) is 5.41 Å². The topological polar surface area (TPSA) is 46.6 Å². The minimum Gasteiger partial charge on any atom is -0.381 e. The Hall–Kier alpha value is -1.68. The van der Waals surface area contributed by atoms with E-state index in [2.05, 4.69) is 13.8 Å². The molecule has 0 saturated carbocycles. The van der Waals surface area contributed by atoms with Gasteiger partial charge >= 0.3 is 0 Å². The van der Waals surface area contributed by atoms with Crippen LogP contribution in [0.5, 0.6) is 0 Å². The van der Waals surface area contributed by atoms with Crippen LogP contribution in [0.25, 0.3) is 0 Å². The van der Waals surface area contributed by atoms with Gasteiger partial charge < -0.3 is 4.74 Å². The van der Waals surface area contributed by atoms with Crippen molar-refractivity contribution in [1.29, 1.82) is 0 Å². The summed E-state index contributed by atoms with van der Waals surface area (Å²) in [6.45, 7) is 7.87. The van der Waals surface area contributed by atoms with Gasteiger partial charge in [0.05, 0.1) is 17.7 Å². The summed E-state index contributed by atoms with van der Waals surface area (Å²) in [5.74, 6) is -0.365. The van der Waals surface area contributed by atoms with Gasteiger partial charge in [-0.15, -0.1) is 0 Å². The zero-order valence-corrected chi connectivity index (χ0v) is 12.3. The van der Waals surface area contributed by atoms with Gasteiger partial charge in [0.1, 0.15) is 0 Å². The van der Waals surface area contributed by atoms with Crippen LogP contribution in [0.1, 0.15) is 47.9 Å². The Morgan fingerprint density at radius 1 is 1.10 bits per heavy atom. The smallest absolute Gasteiger partial charge is 0.261 e. The lowest BCUT2D eigenvalue weighted by Crippen LogP contribution is -2.34. The maximum Gasteiger partial charge on any atom is 0.261 e. The van der Waals surface area contributed by atoms with E-state index in [1.165, 1.54) is 4.90 Å². The van der Waals surface area contributed by atoms with Gasteiger partial charge in [-0.05, 0) is 30.9 Å². The van der Waals surface area contributed by atoms with E-state index in [-0.39, 0.29) is 17.2 Å². The van der Waals surface area contributed by atoms with E-state index in [1.807, 2.05) is 6.92 Å². The molecule has 1 aromatic carbocycles. The number of ether oxygens (including phenoxy) is 1. The first-order valence-electron chi connectivity index (χ1n) is 6.99. The van der Waals surface area contributed by atoms with E-state index in [9.17, 15) is 9.59 Å². The summed E-state index contributed by atoms with van der Waals surface area (Å²) >= 11 is 0. The molecule has 108 valence electrons. The summed E-state index contributed by atoms with van der Waals surface area (Å²) in [5.41, 5.74) is 0.978. The first-order valence-corrected chi connectivity index (χ1v) is 6.99. The van der Waals surface area contributed by atoms with E-state index in [0.717, 1.165) is 6.42 Å². The highest BCUT2D eigenvalue weighted by atomic mass is 16.5. The summed E-state index contributed by atoms with van der Waals surface area (Å²) in [5, 5.41) is 0. The molecule has 1 heterocycles. The summed E-state index contributed by atoms with van der Waals surface area (Å²) in [6.07, 6.45) is 0.735. The second-order valence-corrected chi connectivity index (χ2v) is 5.86. The molecule has 1 aliphatic rings. The zero-order valence-electron chi connectivity index (χ0n) is 12.3. The third-order valence-corrected chi connectivity index (χ3v) is 3.59. The molecule has 0 saturated heterocycles. The summed E-state index contributed by atoms with van der Waals surface area (Å²) in [7, 11) is 0. The molecular weight excluding hydrogens is 254 g/mol. The predicted octanol–water partition coefficient (Wildman–Crippen LogP) is 2.74. The van der Waals surface area contributed by atoms with Gasteiger partial charge in [0.15, 0.2) is 0 Å². The normalized spacial score (nSPS) is 14.8. The molecule has 2 amide bonds. The van der Waals surface area contributed by atoms with Crippen LogP contribution in [0.3, 0.4) is 0 Å². The molecule has 0 aliphatic carbocycles. The van der Waals surface area contributed by atoms with E-state index in [0.29, 0.717) is 30.9 Å². The van der Waals surface area contributed by atoms with E-state index in [1.54, 1.807) is 24.3 Å². The van der Waals surface area contributed by atoms with Gasteiger partial charge in [0.25, 0.3) is 11.8 Å². The number of benzene rings is 1. The van der Waals surface area contributed by atoms with Gasteiger partial charge in [-0.1, -0.05) is 26.0 Å². The minimum atomic E-state index is -0.183. The summed E-state index contributed by atoms with van der Waals surface area (Å²) < 4.78 is 5.44. The standard InChI is InChI=1S/C16H21NO3/c1-4-20-11-16(2,3)9-10-17-14(18)12-7-5-6-8-13(12)15(17)19/h5-8H,4,9-11H2,1-3H3. The van der Waals surface area contributed by atoms with Crippen molar-refractivity contribution in [3.8, 4) is 0 Å². The summed E-state index contributed by atoms with van der Waals surface area (Å²) in [4.78, 5) is 25.8. The van der Waals surface area contributed by atoms with Gasteiger partial charge in [0.2, 0.25) is 0 Å². The fourth-order valence-corrected chi connectivity index (χ4v) is 2.31. The second kappa shape index (κ2) is 5.75. The highest BCUT2D eigenvalue weighted by molar-refractivity contribution is 6.21. The molecule has 0 atom stereocenters. The average molecular weight is 275 g/mol. The van der Waals surface area contributed by atoms with Crippen molar-refractivity contribution < 1.29 is 14.3 Å². The fourth-order valence-electron chi connectivity index (χ4n) is 2.31. The van der Waals surface area contributed by atoms with Crippen molar-refractivity contribution >= 4 is 11.8 Å². The first-order chi connectivity index (χ1) is 9.46. The number of amides is 2. The molecule has 0 radical (unpaired) electrons. The molecule has 4 nitrogen and oxygen atoms in total. The number of carbonyl (C=O) groups excluding carboxylic acids is 2. The quantitative estimate of drug-likeness (QED) is 0.750. The van der Waals surface area contributed by atoms with Crippen LogP contribution in [-0.4, -0.2) is 36.5 Å². The number of imide groups is 1. The van der Waals surface area contributed by atoms with Gasteiger partial charge in [-0.3, -0.25) is 14.5 Å². The minimum absolute atomic E-state index is 0.0503. The maximum absolute atomic E-state index is 12.2. The van der Waals surface area contributed by atoms with Crippen molar-refractivity contribution in [2.45, 2.75) is 27.2 Å². The van der Waals surface area contributed by atoms with Crippen LogP contribution in [0.15, 0.2) is 24.3 Å². The Morgan fingerprint density at radius 2 is 1.65 bits per heavy atom.